The van der Waals surface area contributed by atoms with E-state index < -0.39 is 0 Å². The predicted octanol–water partition coefficient (Wildman–Crippen LogP) is 4.37. The van der Waals surface area contributed by atoms with Crippen molar-refractivity contribution in [1.82, 2.24) is 5.43 Å². The van der Waals surface area contributed by atoms with Crippen LogP contribution in [-0.2, 0) is 4.79 Å². The van der Waals surface area contributed by atoms with Crippen LogP contribution in [0.4, 0.5) is 11.4 Å². The van der Waals surface area contributed by atoms with Crippen LogP contribution in [0, 0.1) is 0 Å². The molecule has 2 aromatic carbocycles. The number of hydrogen-bond acceptors (Lipinski definition) is 5. The third-order valence-corrected chi connectivity index (χ3v) is 5.47. The fourth-order valence-corrected chi connectivity index (χ4v) is 4.13. The minimum absolute atomic E-state index is 0.159. The second-order valence-electron chi connectivity index (χ2n) is 6.39. The van der Waals surface area contributed by atoms with Gasteiger partial charge in [-0.1, -0.05) is 43.3 Å². The number of anilines is 2. The second-order valence-corrected chi connectivity index (χ2v) is 7.50. The van der Waals surface area contributed by atoms with Crippen molar-refractivity contribution in [2.24, 2.45) is 5.10 Å². The molecule has 1 amide bonds. The average Bonchev–Trinajstić information content (AvgIpc) is 3.04. The molecule has 2 aliphatic rings. The minimum Gasteiger partial charge on any atom is -0.399 e. The number of carbonyl (C=O) groups is 1. The van der Waals surface area contributed by atoms with Crippen molar-refractivity contribution in [3.05, 3.63) is 71.4 Å². The zero-order chi connectivity index (χ0) is 18.8. The number of fused-ring (bicyclic) bond motifs is 1. The Morgan fingerprint density at radius 3 is 2.67 bits per heavy atom. The zero-order valence-electron chi connectivity index (χ0n) is 15.0. The summed E-state index contributed by atoms with van der Waals surface area (Å²) in [4.78, 5) is 14.6. The zero-order valence-corrected chi connectivity index (χ0v) is 15.8. The number of allylic oxidation sites excluding steroid dienone is 1. The summed E-state index contributed by atoms with van der Waals surface area (Å²) in [6.07, 6.45) is 3.72. The van der Waals surface area contributed by atoms with E-state index in [2.05, 4.69) is 28.8 Å². The molecule has 0 fully saturated rings. The van der Waals surface area contributed by atoms with Gasteiger partial charge in [-0.05, 0) is 42.8 Å². The molecule has 2 heterocycles. The molecule has 4 rings (SSSR count). The van der Waals surface area contributed by atoms with E-state index in [1.54, 1.807) is 11.8 Å². The van der Waals surface area contributed by atoms with Gasteiger partial charge in [-0.2, -0.15) is 5.10 Å². The van der Waals surface area contributed by atoms with Crippen LogP contribution < -0.4 is 16.5 Å². The Morgan fingerprint density at radius 1 is 1.11 bits per heavy atom. The first kappa shape index (κ1) is 17.4. The van der Waals surface area contributed by atoms with E-state index in [1.165, 1.54) is 0 Å². The van der Waals surface area contributed by atoms with Crippen molar-refractivity contribution in [2.75, 3.05) is 11.1 Å². The number of nitrogens with one attached hydrogen (secondary N) is 2. The number of nitrogens with two attached hydrogens (primary N) is 1. The van der Waals surface area contributed by atoms with Crippen molar-refractivity contribution in [3.8, 4) is 0 Å². The first-order valence-electron chi connectivity index (χ1n) is 8.88. The van der Waals surface area contributed by atoms with E-state index in [-0.39, 0.29) is 5.91 Å². The lowest BCUT2D eigenvalue weighted by molar-refractivity contribution is -0.116. The van der Waals surface area contributed by atoms with E-state index in [1.807, 2.05) is 48.5 Å². The quantitative estimate of drug-likeness (QED) is 0.547. The first-order chi connectivity index (χ1) is 13.2. The van der Waals surface area contributed by atoms with Crippen LogP contribution in [0.5, 0.6) is 0 Å². The third kappa shape index (κ3) is 3.48. The van der Waals surface area contributed by atoms with Gasteiger partial charge >= 0.3 is 0 Å². The summed E-state index contributed by atoms with van der Waals surface area (Å²) in [6.45, 7) is 2.08. The van der Waals surface area contributed by atoms with Crippen LogP contribution in [0.1, 0.15) is 25.3 Å². The van der Waals surface area contributed by atoms with E-state index in [0.717, 1.165) is 51.0 Å². The van der Waals surface area contributed by atoms with Gasteiger partial charge in [0.15, 0.2) is 0 Å². The van der Waals surface area contributed by atoms with Gasteiger partial charge in [-0.25, -0.2) is 5.43 Å². The summed E-state index contributed by atoms with van der Waals surface area (Å²) in [7, 11) is 0. The highest BCUT2D eigenvalue weighted by atomic mass is 32.2. The largest absolute Gasteiger partial charge is 0.399 e. The highest BCUT2D eigenvalue weighted by molar-refractivity contribution is 8.08. The van der Waals surface area contributed by atoms with Crippen molar-refractivity contribution >= 4 is 39.7 Å². The molecule has 5 nitrogen and oxygen atoms in total. The number of benzene rings is 2. The number of nitrogen functional groups attached to an aromatic ring is 1. The van der Waals surface area contributed by atoms with Crippen molar-refractivity contribution < 1.29 is 4.79 Å². The predicted molar refractivity (Wildman–Crippen MR) is 112 cm³/mol. The molecule has 6 heteroatoms. The number of nitrogens with zero attached hydrogens (tertiary/aromatic N) is 1. The maximum Gasteiger partial charge on any atom is 0.275 e. The average molecular weight is 376 g/mol. The van der Waals surface area contributed by atoms with Crippen molar-refractivity contribution in [2.45, 2.75) is 24.7 Å². The maximum atomic E-state index is 12.4. The summed E-state index contributed by atoms with van der Waals surface area (Å²) >= 11 is 1.65. The molecular formula is C21H20N4OS. The Kier molecular flexibility index (Phi) is 4.73. The first-order valence-corrected chi connectivity index (χ1v) is 9.70. The van der Waals surface area contributed by atoms with Crippen LogP contribution in [0.25, 0.3) is 4.91 Å². The van der Waals surface area contributed by atoms with Gasteiger partial charge in [0, 0.05) is 26.7 Å². The molecule has 0 saturated carbocycles. The summed E-state index contributed by atoms with van der Waals surface area (Å²) in [5.41, 5.74) is 13.4. The van der Waals surface area contributed by atoms with Crippen molar-refractivity contribution in [3.63, 3.8) is 0 Å². The SMILES string of the molecule is CCCC1=NNC(=O)C1=C1C=C(Sc2ccc(N)cc2)c2ccccc2N1. The smallest absolute Gasteiger partial charge is 0.275 e. The Hall–Kier alpha value is -2.99. The molecule has 0 bridgehead atoms. The van der Waals surface area contributed by atoms with Gasteiger partial charge in [0.25, 0.3) is 5.91 Å². The lowest BCUT2D eigenvalue weighted by Crippen LogP contribution is -2.19. The van der Waals surface area contributed by atoms with Crippen molar-refractivity contribution in [1.29, 1.82) is 0 Å². The molecule has 0 aliphatic carbocycles. The molecule has 0 atom stereocenters. The monoisotopic (exact) mass is 376 g/mol. The Bertz CT molecular complexity index is 989. The highest BCUT2D eigenvalue weighted by Gasteiger charge is 2.28. The van der Waals surface area contributed by atoms with E-state index in [0.29, 0.717) is 5.57 Å². The van der Waals surface area contributed by atoms with E-state index in [9.17, 15) is 4.79 Å². The molecular weight excluding hydrogens is 356 g/mol. The fraction of sp³-hybridized carbons (Fsp3) is 0.143. The number of para-hydroxylation sites is 1. The van der Waals surface area contributed by atoms with Gasteiger partial charge in [-0.3, -0.25) is 4.79 Å². The Morgan fingerprint density at radius 2 is 1.89 bits per heavy atom. The summed E-state index contributed by atoms with van der Waals surface area (Å²) < 4.78 is 0. The Labute approximate surface area is 162 Å². The minimum atomic E-state index is -0.159. The van der Waals surface area contributed by atoms with Crippen LogP contribution >= 0.6 is 11.8 Å². The van der Waals surface area contributed by atoms with Gasteiger partial charge in [0.1, 0.15) is 0 Å². The number of amides is 1. The fourth-order valence-electron chi connectivity index (χ4n) is 3.14. The molecule has 0 spiro atoms. The summed E-state index contributed by atoms with van der Waals surface area (Å²) in [5, 5.41) is 7.62. The number of hydrogen-bond donors (Lipinski definition) is 3. The molecule has 0 aromatic heterocycles. The van der Waals surface area contributed by atoms with Crippen LogP contribution in [0.3, 0.4) is 0 Å². The number of carbonyl (C=O) groups excluding carboxylic acids is 1. The van der Waals surface area contributed by atoms with E-state index in [4.69, 9.17) is 5.73 Å². The topological polar surface area (TPSA) is 79.5 Å². The third-order valence-electron chi connectivity index (χ3n) is 4.41. The molecule has 2 aliphatic heterocycles. The standard InChI is InChI=1S/C21H20N4OS/c1-2-5-17-20(21(26)25-24-17)18-12-19(15-6-3-4-7-16(15)23-18)27-14-10-8-13(22)9-11-14/h3-4,6-12,23H,2,5,22H2,1H3,(H,25,26). The van der Waals surface area contributed by atoms with Crippen LogP contribution in [-0.4, -0.2) is 11.6 Å². The molecule has 136 valence electrons. The molecule has 27 heavy (non-hydrogen) atoms. The van der Waals surface area contributed by atoms with Gasteiger partial charge < -0.3 is 11.1 Å². The second kappa shape index (κ2) is 7.32. The molecule has 4 N–H and O–H groups in total. The lowest BCUT2D eigenvalue weighted by Gasteiger charge is -2.22. The molecule has 0 saturated heterocycles. The lowest BCUT2D eigenvalue weighted by atomic mass is 10.0. The Balaban J connectivity index is 1.79. The van der Waals surface area contributed by atoms with Gasteiger partial charge in [0.05, 0.1) is 17.0 Å². The number of rotatable bonds is 4. The van der Waals surface area contributed by atoms with Crippen LogP contribution in [0.2, 0.25) is 0 Å². The van der Waals surface area contributed by atoms with Gasteiger partial charge in [0.2, 0.25) is 0 Å². The summed E-state index contributed by atoms with van der Waals surface area (Å²) in [6, 6.07) is 15.9. The summed E-state index contributed by atoms with van der Waals surface area (Å²) in [5.74, 6) is -0.159. The van der Waals surface area contributed by atoms with Crippen LogP contribution in [0.15, 0.2) is 75.9 Å². The molecule has 0 unspecified atom stereocenters. The molecule has 2 aromatic rings. The van der Waals surface area contributed by atoms with E-state index >= 15 is 0 Å². The normalized spacial score (nSPS) is 18.3. The maximum absolute atomic E-state index is 12.4. The molecule has 0 radical (unpaired) electrons. The van der Waals surface area contributed by atoms with Gasteiger partial charge in [-0.15, -0.1) is 0 Å². The highest BCUT2D eigenvalue weighted by Crippen LogP contribution is 2.42. The number of hydrazone groups is 1. The number of thioether (sulfide) groups is 1.